The zero-order valence-electron chi connectivity index (χ0n) is 27.8. The van der Waals surface area contributed by atoms with Crippen LogP contribution in [0, 0.1) is 22.7 Å². The topological polar surface area (TPSA) is 47.6 Å². The second kappa shape index (κ2) is 14.2. The molecule has 0 fully saturated rings. The molecule has 6 aromatic rings. The van der Waals surface area contributed by atoms with Crippen molar-refractivity contribution in [1.29, 1.82) is 10.5 Å². The lowest BCUT2D eigenvalue weighted by Crippen LogP contribution is -2.47. The highest BCUT2D eigenvalue weighted by Crippen LogP contribution is 2.50. The fraction of sp³-hybridized carbons (Fsp3) is 0.227. The van der Waals surface area contributed by atoms with Crippen molar-refractivity contribution in [2.75, 3.05) is 13.1 Å². The number of fused-ring (bicyclic) bond motifs is 7. The molecule has 1 heterocycles. The van der Waals surface area contributed by atoms with Gasteiger partial charge in [-0.05, 0) is 93.0 Å². The van der Waals surface area contributed by atoms with Crippen LogP contribution >= 0.6 is 17.0 Å². The van der Waals surface area contributed by atoms with Crippen LogP contribution in [-0.2, 0) is 13.1 Å². The van der Waals surface area contributed by atoms with Gasteiger partial charge in [-0.25, -0.2) is 0 Å². The third kappa shape index (κ3) is 6.04. The molecule has 1 aliphatic heterocycles. The zero-order valence-corrected chi connectivity index (χ0v) is 29.5. The fourth-order valence-electron chi connectivity index (χ4n) is 7.85. The molecule has 0 spiro atoms. The highest BCUT2D eigenvalue weighted by Gasteiger charge is 2.37. The van der Waals surface area contributed by atoms with Gasteiger partial charge >= 0.3 is 0 Å². The predicted molar refractivity (Wildman–Crippen MR) is 205 cm³/mol. The summed E-state index contributed by atoms with van der Waals surface area (Å²) in [7, 11) is 0. The summed E-state index contributed by atoms with van der Waals surface area (Å²) < 4.78 is 0.980. The Kier molecular flexibility index (Phi) is 9.79. The van der Waals surface area contributed by atoms with Crippen LogP contribution < -0.4 is 0 Å². The van der Waals surface area contributed by atoms with Gasteiger partial charge in [0.15, 0.2) is 0 Å². The first kappa shape index (κ1) is 33.2. The Balaban J connectivity index is 0.00000401. The summed E-state index contributed by atoms with van der Waals surface area (Å²) in [5.74, 6) is 0. The molecule has 0 saturated heterocycles. The number of nitrogens with zero attached hydrogens (tertiary/aromatic N) is 3. The monoisotopic (exact) mass is 690 g/mol. The molecule has 0 saturated carbocycles. The normalized spacial score (nSPS) is 13.1. The quantitative estimate of drug-likeness (QED) is 0.149. The molecule has 0 bridgehead atoms. The number of nitriles is 2. The smallest absolute Gasteiger partial charge is 0.106 e. The molecule has 0 N–H and O–H groups in total. The van der Waals surface area contributed by atoms with Gasteiger partial charge in [0.05, 0.1) is 36.4 Å². The molecule has 7 rings (SSSR count). The molecule has 0 aromatic heterocycles. The maximum atomic E-state index is 9.89. The van der Waals surface area contributed by atoms with Crippen LogP contribution in [-0.4, -0.2) is 17.6 Å². The highest BCUT2D eigenvalue weighted by atomic mass is 79.9. The number of benzene rings is 6. The van der Waals surface area contributed by atoms with Gasteiger partial charge in [-0.1, -0.05) is 99.5 Å². The average molecular weight is 692 g/mol. The molecule has 0 atom stereocenters. The Morgan fingerprint density at radius 2 is 1.00 bits per heavy atom. The first-order valence-electron chi connectivity index (χ1n) is 17.0. The standard InChI is InChI=1S/C44H40N3.BrH/c1-3-5-21-47(22-6-4-2)29-41-39(33-17-11-13-31(23-33)27-45)25-35-15-7-9-19-37(35)43(41)44-38-20-10-8-16-36(38)26-40(42(44)30-47)34-18-12-14-32(24-34)28-46;/h7-20,23-26H,3-6,21-22,29-30H2,1-2H3;1H/q+1;. The predicted octanol–water partition coefficient (Wildman–Crippen LogP) is 11.7. The molecule has 48 heavy (non-hydrogen) atoms. The number of hydrogen-bond acceptors (Lipinski definition) is 2. The van der Waals surface area contributed by atoms with Crippen molar-refractivity contribution in [1.82, 2.24) is 0 Å². The number of rotatable bonds is 8. The van der Waals surface area contributed by atoms with Crippen LogP contribution in [0.1, 0.15) is 61.8 Å². The summed E-state index contributed by atoms with van der Waals surface area (Å²) in [6.07, 6.45) is 4.62. The van der Waals surface area contributed by atoms with Crippen LogP contribution in [0.5, 0.6) is 0 Å². The van der Waals surface area contributed by atoms with Crippen LogP contribution in [0.3, 0.4) is 0 Å². The minimum Gasteiger partial charge on any atom is -0.316 e. The second-order valence-electron chi connectivity index (χ2n) is 13.2. The van der Waals surface area contributed by atoms with Crippen molar-refractivity contribution >= 4 is 38.5 Å². The van der Waals surface area contributed by atoms with Crippen molar-refractivity contribution in [2.45, 2.75) is 52.6 Å². The van der Waals surface area contributed by atoms with Gasteiger partial charge in [-0.15, -0.1) is 17.0 Å². The molecule has 4 heteroatoms. The summed E-state index contributed by atoms with van der Waals surface area (Å²) in [4.78, 5) is 0. The molecular weight excluding hydrogens is 650 g/mol. The number of quaternary nitrogens is 1. The van der Waals surface area contributed by atoms with Gasteiger partial charge in [0.25, 0.3) is 0 Å². The lowest BCUT2D eigenvalue weighted by molar-refractivity contribution is -0.953. The third-order valence-corrected chi connectivity index (χ3v) is 10.1. The van der Waals surface area contributed by atoms with Gasteiger partial charge in [0.1, 0.15) is 13.1 Å². The van der Waals surface area contributed by atoms with Crippen molar-refractivity contribution < 1.29 is 4.48 Å². The number of halogens is 1. The van der Waals surface area contributed by atoms with E-state index in [1.54, 1.807) is 0 Å². The Morgan fingerprint density at radius 1 is 0.562 bits per heavy atom. The van der Waals surface area contributed by atoms with Crippen molar-refractivity contribution in [3.63, 3.8) is 0 Å². The SMILES string of the molecule is Br.CCCC[N+]1(CCCC)Cc2c(-c3cccc(C#N)c3)cc3ccccc3c2-c2c(c(-c3cccc(C#N)c3)cc3ccccc23)C1. The van der Waals surface area contributed by atoms with Crippen LogP contribution in [0.4, 0.5) is 0 Å². The highest BCUT2D eigenvalue weighted by molar-refractivity contribution is 8.93. The zero-order chi connectivity index (χ0) is 32.4. The van der Waals surface area contributed by atoms with E-state index < -0.39 is 0 Å². The Bertz CT molecular complexity index is 2060. The molecule has 0 radical (unpaired) electrons. The first-order valence-corrected chi connectivity index (χ1v) is 17.0. The molecule has 1 aliphatic rings. The van der Waals surface area contributed by atoms with Crippen LogP contribution in [0.2, 0.25) is 0 Å². The maximum absolute atomic E-state index is 9.89. The summed E-state index contributed by atoms with van der Waals surface area (Å²) >= 11 is 0. The van der Waals surface area contributed by atoms with Crippen molar-refractivity contribution in [2.24, 2.45) is 0 Å². The van der Waals surface area contributed by atoms with Gasteiger partial charge in [-0.3, -0.25) is 0 Å². The van der Waals surface area contributed by atoms with E-state index in [1.807, 2.05) is 24.3 Å². The summed E-state index contributed by atoms with van der Waals surface area (Å²) in [6, 6.07) is 43.5. The Labute approximate surface area is 295 Å². The van der Waals surface area contributed by atoms with Crippen molar-refractivity contribution in [3.8, 4) is 45.5 Å². The molecule has 6 aromatic carbocycles. The lowest BCUT2D eigenvalue weighted by atomic mass is 9.82. The van der Waals surface area contributed by atoms with E-state index in [2.05, 4.69) is 111 Å². The molecule has 0 amide bonds. The Morgan fingerprint density at radius 3 is 1.42 bits per heavy atom. The lowest BCUT2D eigenvalue weighted by Gasteiger charge is -2.39. The summed E-state index contributed by atoms with van der Waals surface area (Å²) in [5, 5.41) is 24.7. The number of unbranched alkanes of at least 4 members (excludes halogenated alkanes) is 2. The van der Waals surface area contributed by atoms with E-state index in [4.69, 9.17) is 0 Å². The van der Waals surface area contributed by atoms with Crippen molar-refractivity contribution in [3.05, 3.63) is 131 Å². The Hall–Kier alpha value is -4.74. The maximum Gasteiger partial charge on any atom is 0.106 e. The van der Waals surface area contributed by atoms with Crippen LogP contribution in [0.15, 0.2) is 109 Å². The van der Waals surface area contributed by atoms with Gasteiger partial charge in [0.2, 0.25) is 0 Å². The summed E-state index contributed by atoms with van der Waals surface area (Å²) in [5.41, 5.74) is 11.4. The molecular formula is C44H41BrN3+. The second-order valence-corrected chi connectivity index (χ2v) is 13.2. The van der Waals surface area contributed by atoms with Gasteiger partial charge in [-0.2, -0.15) is 10.5 Å². The number of hydrogen-bond donors (Lipinski definition) is 0. The van der Waals surface area contributed by atoms with Gasteiger partial charge in [0, 0.05) is 22.3 Å². The van der Waals surface area contributed by atoms with E-state index in [1.165, 1.54) is 54.9 Å². The van der Waals surface area contributed by atoms with Crippen LogP contribution in [0.25, 0.3) is 54.9 Å². The van der Waals surface area contributed by atoms with E-state index in [-0.39, 0.29) is 17.0 Å². The van der Waals surface area contributed by atoms with E-state index >= 15 is 0 Å². The van der Waals surface area contributed by atoms with Gasteiger partial charge < -0.3 is 4.48 Å². The molecule has 0 aliphatic carbocycles. The van der Waals surface area contributed by atoms with E-state index in [9.17, 15) is 10.5 Å². The largest absolute Gasteiger partial charge is 0.316 e. The third-order valence-electron chi connectivity index (χ3n) is 10.1. The summed E-state index contributed by atoms with van der Waals surface area (Å²) in [6.45, 7) is 8.65. The molecule has 3 nitrogen and oxygen atoms in total. The van der Waals surface area contributed by atoms with E-state index in [0.717, 1.165) is 67.5 Å². The first-order chi connectivity index (χ1) is 23.1. The minimum atomic E-state index is 0. The average Bonchev–Trinajstić information content (AvgIpc) is 3.28. The fourth-order valence-corrected chi connectivity index (χ4v) is 7.85. The van der Waals surface area contributed by atoms with E-state index in [0.29, 0.717) is 11.1 Å². The molecule has 238 valence electrons. The molecule has 0 unspecified atom stereocenters. The minimum absolute atomic E-state index is 0.